The maximum atomic E-state index is 12.9. The molecule has 0 saturated heterocycles. The first kappa shape index (κ1) is 22.0. The van der Waals surface area contributed by atoms with Crippen LogP contribution in [-0.2, 0) is 10.0 Å². The zero-order chi connectivity index (χ0) is 21.6. The normalized spacial score (nSPS) is 10.9. The van der Waals surface area contributed by atoms with Crippen molar-refractivity contribution in [1.29, 1.82) is 0 Å². The number of hydrogen-bond acceptors (Lipinski definition) is 5. The van der Waals surface area contributed by atoms with Crippen molar-refractivity contribution in [3.05, 3.63) is 71.5 Å². The molecule has 2 aromatic carbocycles. The summed E-state index contributed by atoms with van der Waals surface area (Å²) in [5.41, 5.74) is 1.88. The molecule has 1 heterocycles. The minimum atomic E-state index is -3.84. The molecule has 0 aliphatic carbocycles. The molecule has 0 amide bonds. The van der Waals surface area contributed by atoms with Crippen LogP contribution in [0.2, 0.25) is 0 Å². The van der Waals surface area contributed by atoms with Gasteiger partial charge in [0.15, 0.2) is 5.11 Å². The largest absolute Gasteiger partial charge is 0.492 e. The number of sulfonamides is 1. The standard InChI is InChI=1S/C20H19BrN4O3S2/c1-2-28-18-10-5-14(21)12-19(18)30(26,27)25-16-8-6-15(7-9-16)23-20(29)24-17-4-3-11-22-13-17/h3-13,25H,2H2,1H3,(H2,23,24,29). The summed E-state index contributed by atoms with van der Waals surface area (Å²) < 4.78 is 34.4. The quantitative estimate of drug-likeness (QED) is 0.394. The van der Waals surface area contributed by atoms with E-state index >= 15 is 0 Å². The Labute approximate surface area is 189 Å². The van der Waals surface area contributed by atoms with Crippen LogP contribution in [0.3, 0.4) is 0 Å². The van der Waals surface area contributed by atoms with Crippen molar-refractivity contribution in [2.24, 2.45) is 0 Å². The molecule has 7 nitrogen and oxygen atoms in total. The summed E-state index contributed by atoms with van der Waals surface area (Å²) in [6.07, 6.45) is 3.33. The predicted octanol–water partition coefficient (Wildman–Crippen LogP) is 4.85. The van der Waals surface area contributed by atoms with E-state index in [-0.39, 0.29) is 4.90 Å². The Morgan fingerprint density at radius 2 is 1.77 bits per heavy atom. The lowest BCUT2D eigenvalue weighted by Crippen LogP contribution is -2.19. The van der Waals surface area contributed by atoms with Gasteiger partial charge in [-0.2, -0.15) is 0 Å². The number of pyridine rings is 1. The zero-order valence-corrected chi connectivity index (χ0v) is 19.1. The number of thiocarbonyl (C=S) groups is 1. The Kier molecular flexibility index (Phi) is 7.24. The molecule has 0 aliphatic heterocycles. The van der Waals surface area contributed by atoms with E-state index < -0.39 is 10.0 Å². The summed E-state index contributed by atoms with van der Waals surface area (Å²) in [4.78, 5) is 4.07. The van der Waals surface area contributed by atoms with E-state index in [1.165, 1.54) is 6.07 Å². The molecule has 0 unspecified atom stereocenters. The number of aromatic nitrogens is 1. The van der Waals surface area contributed by atoms with Crippen LogP contribution < -0.4 is 20.1 Å². The van der Waals surface area contributed by atoms with Gasteiger partial charge in [-0.25, -0.2) is 8.42 Å². The molecule has 3 N–H and O–H groups in total. The maximum Gasteiger partial charge on any atom is 0.265 e. The number of benzene rings is 2. The van der Waals surface area contributed by atoms with Crippen LogP contribution in [0.1, 0.15) is 6.92 Å². The Hall–Kier alpha value is -2.69. The molecule has 0 aliphatic rings. The van der Waals surface area contributed by atoms with Crippen LogP contribution in [-0.4, -0.2) is 25.1 Å². The van der Waals surface area contributed by atoms with Gasteiger partial charge in [0.1, 0.15) is 10.6 Å². The van der Waals surface area contributed by atoms with Crippen molar-refractivity contribution >= 4 is 60.3 Å². The number of anilines is 3. The molecule has 0 fully saturated rings. The van der Waals surface area contributed by atoms with E-state index in [2.05, 4.69) is 36.3 Å². The predicted molar refractivity (Wildman–Crippen MR) is 127 cm³/mol. The van der Waals surface area contributed by atoms with Crippen LogP contribution in [0.5, 0.6) is 5.75 Å². The summed E-state index contributed by atoms with van der Waals surface area (Å²) in [6, 6.07) is 15.2. The molecule has 1 aromatic heterocycles. The van der Waals surface area contributed by atoms with Gasteiger partial charge in [-0.15, -0.1) is 0 Å². The van der Waals surface area contributed by atoms with E-state index in [0.717, 1.165) is 5.69 Å². The molecule has 156 valence electrons. The third-order valence-electron chi connectivity index (χ3n) is 3.81. The number of rotatable bonds is 7. The van der Waals surface area contributed by atoms with Gasteiger partial charge in [0.2, 0.25) is 0 Å². The van der Waals surface area contributed by atoms with Gasteiger partial charge in [0, 0.05) is 22.0 Å². The van der Waals surface area contributed by atoms with Crippen molar-refractivity contribution in [3.8, 4) is 5.75 Å². The Balaban J connectivity index is 1.69. The van der Waals surface area contributed by atoms with E-state index in [0.29, 0.717) is 33.3 Å². The highest BCUT2D eigenvalue weighted by molar-refractivity contribution is 9.10. The first-order chi connectivity index (χ1) is 14.4. The summed E-state index contributed by atoms with van der Waals surface area (Å²) in [5.74, 6) is 0.290. The first-order valence-corrected chi connectivity index (χ1v) is 11.6. The lowest BCUT2D eigenvalue weighted by Gasteiger charge is -2.14. The number of ether oxygens (including phenoxy) is 1. The number of halogens is 1. The molecule has 3 aromatic rings. The average Bonchev–Trinajstić information content (AvgIpc) is 2.71. The molecule has 0 saturated carbocycles. The fourth-order valence-corrected chi connectivity index (χ4v) is 4.51. The average molecular weight is 507 g/mol. The Bertz CT molecular complexity index is 1120. The van der Waals surface area contributed by atoms with Gasteiger partial charge < -0.3 is 15.4 Å². The summed E-state index contributed by atoms with van der Waals surface area (Å²) in [6.45, 7) is 2.16. The molecular weight excluding hydrogens is 488 g/mol. The molecule has 0 bridgehead atoms. The fourth-order valence-electron chi connectivity index (χ4n) is 2.53. The summed E-state index contributed by atoms with van der Waals surface area (Å²) >= 11 is 8.58. The second kappa shape index (κ2) is 9.88. The minimum Gasteiger partial charge on any atom is -0.492 e. The van der Waals surface area contributed by atoms with Crippen LogP contribution in [0.15, 0.2) is 76.4 Å². The molecule has 10 heteroatoms. The fraction of sp³-hybridized carbons (Fsp3) is 0.100. The van der Waals surface area contributed by atoms with Crippen LogP contribution >= 0.6 is 28.1 Å². The molecule has 3 rings (SSSR count). The van der Waals surface area contributed by atoms with Gasteiger partial charge >= 0.3 is 0 Å². The van der Waals surface area contributed by atoms with Crippen molar-refractivity contribution in [2.45, 2.75) is 11.8 Å². The lowest BCUT2D eigenvalue weighted by molar-refractivity contribution is 0.331. The van der Waals surface area contributed by atoms with Crippen molar-refractivity contribution in [2.75, 3.05) is 22.0 Å². The van der Waals surface area contributed by atoms with Gasteiger partial charge in [0.05, 0.1) is 18.5 Å². The van der Waals surface area contributed by atoms with Crippen LogP contribution in [0, 0.1) is 0 Å². The van der Waals surface area contributed by atoms with Gasteiger partial charge in [-0.3, -0.25) is 9.71 Å². The third-order valence-corrected chi connectivity index (χ3v) is 5.91. The highest BCUT2D eigenvalue weighted by atomic mass is 79.9. The molecule has 0 spiro atoms. The topological polar surface area (TPSA) is 92.4 Å². The van der Waals surface area contributed by atoms with E-state index in [1.54, 1.807) is 61.8 Å². The van der Waals surface area contributed by atoms with Crippen LogP contribution in [0.25, 0.3) is 0 Å². The first-order valence-electron chi connectivity index (χ1n) is 8.90. The number of nitrogens with zero attached hydrogens (tertiary/aromatic N) is 1. The van der Waals surface area contributed by atoms with Crippen molar-refractivity contribution in [1.82, 2.24) is 4.98 Å². The number of hydrogen-bond donors (Lipinski definition) is 3. The smallest absolute Gasteiger partial charge is 0.265 e. The Morgan fingerprint density at radius 3 is 2.43 bits per heavy atom. The monoisotopic (exact) mass is 506 g/mol. The van der Waals surface area contributed by atoms with Crippen molar-refractivity contribution in [3.63, 3.8) is 0 Å². The molecule has 30 heavy (non-hydrogen) atoms. The second-order valence-electron chi connectivity index (χ2n) is 6.03. The minimum absolute atomic E-state index is 0.0581. The molecule has 0 atom stereocenters. The van der Waals surface area contributed by atoms with Gasteiger partial charge in [0.25, 0.3) is 10.0 Å². The maximum absolute atomic E-state index is 12.9. The summed E-state index contributed by atoms with van der Waals surface area (Å²) in [5, 5.41) is 6.45. The van der Waals surface area contributed by atoms with Gasteiger partial charge in [-0.1, -0.05) is 15.9 Å². The van der Waals surface area contributed by atoms with Crippen LogP contribution in [0.4, 0.5) is 17.1 Å². The van der Waals surface area contributed by atoms with Gasteiger partial charge in [-0.05, 0) is 73.7 Å². The Morgan fingerprint density at radius 1 is 1.07 bits per heavy atom. The highest BCUT2D eigenvalue weighted by Crippen LogP contribution is 2.29. The molecule has 0 radical (unpaired) electrons. The highest BCUT2D eigenvalue weighted by Gasteiger charge is 2.20. The van der Waals surface area contributed by atoms with E-state index in [9.17, 15) is 8.42 Å². The lowest BCUT2D eigenvalue weighted by atomic mass is 10.3. The SMILES string of the molecule is CCOc1ccc(Br)cc1S(=O)(=O)Nc1ccc(NC(=S)Nc2cccnc2)cc1. The second-order valence-corrected chi connectivity index (χ2v) is 9.00. The molecular formula is C20H19BrN4O3S2. The van der Waals surface area contributed by atoms with E-state index in [1.807, 2.05) is 6.07 Å². The van der Waals surface area contributed by atoms with E-state index in [4.69, 9.17) is 17.0 Å². The zero-order valence-electron chi connectivity index (χ0n) is 15.9. The number of nitrogens with one attached hydrogen (secondary N) is 3. The summed E-state index contributed by atoms with van der Waals surface area (Å²) in [7, 11) is -3.84. The third kappa shape index (κ3) is 5.91. The van der Waals surface area contributed by atoms with Crippen molar-refractivity contribution < 1.29 is 13.2 Å².